The summed E-state index contributed by atoms with van der Waals surface area (Å²) < 4.78 is 16.7. The number of methoxy groups -OCH3 is 3. The lowest BCUT2D eigenvalue weighted by atomic mass is 9.77. The molecule has 2 rings (SSSR count). The van der Waals surface area contributed by atoms with E-state index in [1.165, 1.54) is 0 Å². The maximum atomic E-state index is 13.0. The molecular weight excluding hydrogens is 398 g/mol. The fourth-order valence-electron chi connectivity index (χ4n) is 4.64. The third-order valence-electron chi connectivity index (χ3n) is 6.05. The van der Waals surface area contributed by atoms with Crippen molar-refractivity contribution in [2.75, 3.05) is 27.9 Å². The molecule has 31 heavy (non-hydrogen) atoms. The molecule has 1 aromatic carbocycles. The van der Waals surface area contributed by atoms with Gasteiger partial charge >= 0.3 is 5.97 Å². The molecule has 174 valence electrons. The van der Waals surface area contributed by atoms with Crippen molar-refractivity contribution in [3.05, 3.63) is 17.7 Å². The first-order valence-corrected chi connectivity index (χ1v) is 10.9. The van der Waals surface area contributed by atoms with Gasteiger partial charge in [0.2, 0.25) is 11.7 Å². The van der Waals surface area contributed by atoms with Gasteiger partial charge in [-0.3, -0.25) is 4.79 Å². The Morgan fingerprint density at radius 2 is 1.74 bits per heavy atom. The van der Waals surface area contributed by atoms with Crippen LogP contribution in [0.5, 0.6) is 17.2 Å². The second kappa shape index (κ2) is 10.2. The highest BCUT2D eigenvalue weighted by molar-refractivity contribution is 5.84. The predicted octanol–water partition coefficient (Wildman–Crippen LogP) is 4.33. The molecule has 1 N–H and O–H groups in total. The van der Waals surface area contributed by atoms with Crippen LogP contribution in [0.1, 0.15) is 64.9 Å². The average Bonchev–Trinajstić information content (AvgIpc) is 2.72. The Morgan fingerprint density at radius 3 is 2.23 bits per heavy atom. The number of benzene rings is 1. The van der Waals surface area contributed by atoms with Crippen molar-refractivity contribution in [3.63, 3.8) is 0 Å². The SMILES string of the molecule is CCC(c1ccc(OC)c(OC)c1OC)C1CCC(C(=O)O)N(C(=O)CC(C)(C)C)C1. The van der Waals surface area contributed by atoms with E-state index in [1.807, 2.05) is 32.9 Å². The molecule has 0 spiro atoms. The van der Waals surface area contributed by atoms with Crippen LogP contribution >= 0.6 is 0 Å². The summed E-state index contributed by atoms with van der Waals surface area (Å²) in [6.45, 7) is 8.50. The molecular formula is C24H37NO6. The molecule has 1 amide bonds. The van der Waals surface area contributed by atoms with Gasteiger partial charge in [-0.25, -0.2) is 4.79 Å². The Morgan fingerprint density at radius 1 is 1.10 bits per heavy atom. The van der Waals surface area contributed by atoms with Crippen LogP contribution < -0.4 is 14.2 Å². The molecule has 1 saturated heterocycles. The number of hydrogen-bond acceptors (Lipinski definition) is 5. The highest BCUT2D eigenvalue weighted by Gasteiger charge is 2.40. The van der Waals surface area contributed by atoms with E-state index >= 15 is 0 Å². The van der Waals surface area contributed by atoms with E-state index in [9.17, 15) is 14.7 Å². The number of piperidine rings is 1. The first kappa shape index (κ1) is 24.8. The minimum Gasteiger partial charge on any atom is -0.493 e. The molecule has 0 aliphatic carbocycles. The van der Waals surface area contributed by atoms with Crippen LogP contribution in [0, 0.1) is 11.3 Å². The van der Waals surface area contributed by atoms with E-state index in [2.05, 4.69) is 6.92 Å². The molecule has 1 aromatic rings. The van der Waals surface area contributed by atoms with Crippen molar-refractivity contribution < 1.29 is 28.9 Å². The lowest BCUT2D eigenvalue weighted by Crippen LogP contribution is -2.52. The van der Waals surface area contributed by atoms with Crippen LogP contribution in [0.4, 0.5) is 0 Å². The molecule has 7 heteroatoms. The van der Waals surface area contributed by atoms with Gasteiger partial charge in [0.25, 0.3) is 0 Å². The zero-order chi connectivity index (χ0) is 23.3. The molecule has 1 heterocycles. The number of nitrogens with zero attached hydrogens (tertiary/aromatic N) is 1. The van der Waals surface area contributed by atoms with Crippen LogP contribution in [-0.4, -0.2) is 55.8 Å². The van der Waals surface area contributed by atoms with E-state index in [0.29, 0.717) is 36.6 Å². The van der Waals surface area contributed by atoms with Crippen molar-refractivity contribution >= 4 is 11.9 Å². The van der Waals surface area contributed by atoms with Crippen molar-refractivity contribution in [2.24, 2.45) is 11.3 Å². The third kappa shape index (κ3) is 5.63. The Bertz CT molecular complexity index is 785. The second-order valence-electron chi connectivity index (χ2n) is 9.41. The minimum absolute atomic E-state index is 0.0921. The summed E-state index contributed by atoms with van der Waals surface area (Å²) in [7, 11) is 4.77. The first-order chi connectivity index (χ1) is 14.6. The van der Waals surface area contributed by atoms with E-state index in [4.69, 9.17) is 14.2 Å². The summed E-state index contributed by atoms with van der Waals surface area (Å²) >= 11 is 0. The van der Waals surface area contributed by atoms with Gasteiger partial charge in [0.15, 0.2) is 11.5 Å². The molecule has 3 atom stereocenters. The number of likely N-dealkylation sites (tertiary alicyclic amines) is 1. The summed E-state index contributed by atoms with van der Waals surface area (Å²) in [5, 5.41) is 9.72. The summed E-state index contributed by atoms with van der Waals surface area (Å²) in [5.74, 6) is 0.944. The van der Waals surface area contributed by atoms with Gasteiger partial charge in [-0.15, -0.1) is 0 Å². The number of amides is 1. The minimum atomic E-state index is -0.933. The maximum absolute atomic E-state index is 13.0. The van der Waals surface area contributed by atoms with Crippen molar-refractivity contribution in [2.45, 2.75) is 65.3 Å². The number of rotatable bonds is 8. The monoisotopic (exact) mass is 435 g/mol. The molecule has 0 bridgehead atoms. The van der Waals surface area contributed by atoms with E-state index in [-0.39, 0.29) is 23.2 Å². The number of carbonyl (C=O) groups excluding carboxylic acids is 1. The summed E-state index contributed by atoms with van der Waals surface area (Å²) in [5.41, 5.74) is 0.786. The summed E-state index contributed by atoms with van der Waals surface area (Å²) in [4.78, 5) is 26.5. The van der Waals surface area contributed by atoms with E-state index in [1.54, 1.807) is 26.2 Å². The highest BCUT2D eigenvalue weighted by Crippen LogP contribution is 2.47. The summed E-state index contributed by atoms with van der Waals surface area (Å²) in [6, 6.07) is 3.08. The number of carbonyl (C=O) groups is 2. The summed E-state index contributed by atoms with van der Waals surface area (Å²) in [6.07, 6.45) is 2.32. The molecule has 1 aliphatic rings. The Balaban J connectivity index is 2.40. The van der Waals surface area contributed by atoms with E-state index < -0.39 is 12.0 Å². The van der Waals surface area contributed by atoms with Gasteiger partial charge < -0.3 is 24.2 Å². The first-order valence-electron chi connectivity index (χ1n) is 10.9. The molecule has 0 radical (unpaired) electrons. The van der Waals surface area contributed by atoms with Gasteiger partial charge in [-0.1, -0.05) is 33.8 Å². The molecule has 0 saturated carbocycles. The van der Waals surface area contributed by atoms with E-state index in [0.717, 1.165) is 18.4 Å². The lowest BCUT2D eigenvalue weighted by Gasteiger charge is -2.41. The van der Waals surface area contributed by atoms with Crippen molar-refractivity contribution in [1.29, 1.82) is 0 Å². The Hall–Kier alpha value is -2.44. The zero-order valence-electron chi connectivity index (χ0n) is 19.9. The van der Waals surface area contributed by atoms with Gasteiger partial charge in [-0.05, 0) is 42.6 Å². The molecule has 3 unspecified atom stereocenters. The van der Waals surface area contributed by atoms with Crippen LogP contribution in [0.25, 0.3) is 0 Å². The largest absolute Gasteiger partial charge is 0.493 e. The fraction of sp³-hybridized carbons (Fsp3) is 0.667. The second-order valence-corrected chi connectivity index (χ2v) is 9.41. The number of aliphatic carboxylic acids is 1. The standard InChI is InChI=1S/C24H37NO6/c1-8-16(17-10-12-19(29-5)22(31-7)21(17)30-6)15-9-11-18(23(27)28)25(14-15)20(26)13-24(2,3)4/h10,12,15-16,18H,8-9,11,13-14H2,1-7H3,(H,27,28). The van der Waals surface area contributed by atoms with Crippen LogP contribution in [-0.2, 0) is 9.59 Å². The van der Waals surface area contributed by atoms with Crippen molar-refractivity contribution in [1.82, 2.24) is 4.90 Å². The van der Waals surface area contributed by atoms with Gasteiger partial charge in [-0.2, -0.15) is 0 Å². The molecule has 7 nitrogen and oxygen atoms in total. The van der Waals surface area contributed by atoms with Crippen LogP contribution in [0.2, 0.25) is 0 Å². The normalized spacial score (nSPS) is 20.2. The van der Waals surface area contributed by atoms with Gasteiger partial charge in [0.1, 0.15) is 6.04 Å². The average molecular weight is 436 g/mol. The van der Waals surface area contributed by atoms with Crippen molar-refractivity contribution in [3.8, 4) is 17.2 Å². The number of hydrogen-bond donors (Lipinski definition) is 1. The zero-order valence-corrected chi connectivity index (χ0v) is 19.9. The van der Waals surface area contributed by atoms with Gasteiger partial charge in [0, 0.05) is 18.5 Å². The number of carboxylic acids is 1. The quantitative estimate of drug-likeness (QED) is 0.654. The maximum Gasteiger partial charge on any atom is 0.326 e. The Labute approximate surface area is 185 Å². The number of ether oxygens (including phenoxy) is 3. The Kier molecular flexibility index (Phi) is 8.21. The fourth-order valence-corrected chi connectivity index (χ4v) is 4.64. The predicted molar refractivity (Wildman–Crippen MR) is 119 cm³/mol. The smallest absolute Gasteiger partial charge is 0.326 e. The molecule has 1 fully saturated rings. The topological polar surface area (TPSA) is 85.3 Å². The molecule has 0 aromatic heterocycles. The third-order valence-corrected chi connectivity index (χ3v) is 6.05. The number of carboxylic acid groups (broad SMARTS) is 1. The van der Waals surface area contributed by atoms with Crippen LogP contribution in [0.15, 0.2) is 12.1 Å². The highest BCUT2D eigenvalue weighted by atomic mass is 16.5. The lowest BCUT2D eigenvalue weighted by molar-refractivity contribution is -0.154. The van der Waals surface area contributed by atoms with Gasteiger partial charge in [0.05, 0.1) is 21.3 Å². The van der Waals surface area contributed by atoms with Crippen LogP contribution in [0.3, 0.4) is 0 Å². The molecule has 1 aliphatic heterocycles.